The minimum absolute atomic E-state index is 0.454. The van der Waals surface area contributed by atoms with Gasteiger partial charge in [-0.1, -0.05) is 64.7 Å². The second-order valence-electron chi connectivity index (χ2n) is 4.52. The van der Waals surface area contributed by atoms with E-state index in [4.69, 9.17) is 0 Å². The quantitative estimate of drug-likeness (QED) is 0.548. The van der Waals surface area contributed by atoms with Gasteiger partial charge in [-0.05, 0) is 18.1 Å². The van der Waals surface area contributed by atoms with Crippen LogP contribution < -0.4 is 0 Å². The van der Waals surface area contributed by atoms with Crippen molar-refractivity contribution >= 4 is 0 Å². The molecular formula is C15H22. The Kier molecular flexibility index (Phi) is 7.46. The largest absolute Gasteiger partial charge is 0.0951 e. The third-order valence-corrected chi connectivity index (χ3v) is 1.28. The molecule has 0 N–H and O–H groups in total. The number of hydrogen-bond acceptors (Lipinski definition) is 0. The maximum Gasteiger partial charge on any atom is 0.0245 e. The zero-order chi connectivity index (χ0) is 11.7. The molecule has 0 unspecified atom stereocenters. The first-order valence-corrected chi connectivity index (χ1v) is 5.59. The van der Waals surface area contributed by atoms with Crippen molar-refractivity contribution in [3.05, 3.63) is 35.9 Å². The van der Waals surface area contributed by atoms with Gasteiger partial charge in [0, 0.05) is 11.5 Å². The highest BCUT2D eigenvalue weighted by Crippen LogP contribution is 1.96. The van der Waals surface area contributed by atoms with E-state index in [1.165, 1.54) is 0 Å². The van der Waals surface area contributed by atoms with Crippen LogP contribution in [0.4, 0.5) is 0 Å². The van der Waals surface area contributed by atoms with Gasteiger partial charge >= 0.3 is 0 Å². The Morgan fingerprint density at radius 2 is 1.33 bits per heavy atom. The summed E-state index contributed by atoms with van der Waals surface area (Å²) in [5.74, 6) is 7.49. The van der Waals surface area contributed by atoms with Gasteiger partial charge in [-0.2, -0.15) is 0 Å². The van der Waals surface area contributed by atoms with Crippen molar-refractivity contribution in [2.75, 3.05) is 0 Å². The molecule has 15 heavy (non-hydrogen) atoms. The predicted molar refractivity (Wildman–Crippen MR) is 68.7 cm³/mol. The molecule has 0 aliphatic carbocycles. The molecule has 1 rings (SSSR count). The monoisotopic (exact) mass is 202 g/mol. The molecule has 0 aliphatic rings. The van der Waals surface area contributed by atoms with Gasteiger partial charge in [0.1, 0.15) is 0 Å². The fourth-order valence-corrected chi connectivity index (χ4v) is 0.749. The van der Waals surface area contributed by atoms with E-state index in [1.807, 2.05) is 30.3 Å². The van der Waals surface area contributed by atoms with E-state index in [9.17, 15) is 0 Å². The molecule has 0 amide bonds. The lowest BCUT2D eigenvalue weighted by Gasteiger charge is -1.88. The van der Waals surface area contributed by atoms with Crippen LogP contribution in [0, 0.1) is 23.7 Å². The second kappa shape index (κ2) is 8.12. The van der Waals surface area contributed by atoms with Gasteiger partial charge in [0.2, 0.25) is 0 Å². The van der Waals surface area contributed by atoms with Crippen molar-refractivity contribution in [2.24, 2.45) is 11.8 Å². The topological polar surface area (TPSA) is 0 Å². The number of benzene rings is 1. The number of hydrogen-bond donors (Lipinski definition) is 0. The Morgan fingerprint density at radius 1 is 0.867 bits per heavy atom. The first-order chi connectivity index (χ1) is 7.02. The van der Waals surface area contributed by atoms with E-state index >= 15 is 0 Å². The van der Waals surface area contributed by atoms with Crippen LogP contribution in [0.25, 0.3) is 0 Å². The Hall–Kier alpha value is -1.22. The van der Waals surface area contributed by atoms with Crippen LogP contribution in [0.5, 0.6) is 0 Å². The van der Waals surface area contributed by atoms with Crippen LogP contribution in [0.15, 0.2) is 30.3 Å². The van der Waals surface area contributed by atoms with Crippen molar-refractivity contribution in [2.45, 2.75) is 34.6 Å². The van der Waals surface area contributed by atoms with Gasteiger partial charge in [0.25, 0.3) is 0 Å². The van der Waals surface area contributed by atoms with E-state index in [0.717, 1.165) is 11.5 Å². The van der Waals surface area contributed by atoms with Gasteiger partial charge in [0.15, 0.2) is 0 Å². The Bertz CT molecular complexity index is 293. The Balaban J connectivity index is 0.000000423. The molecule has 0 atom stereocenters. The molecular weight excluding hydrogens is 180 g/mol. The highest BCUT2D eigenvalue weighted by Gasteiger charge is 1.83. The first kappa shape index (κ1) is 13.8. The van der Waals surface area contributed by atoms with E-state index < -0.39 is 0 Å². The summed E-state index contributed by atoms with van der Waals surface area (Å²) in [5, 5.41) is 0. The van der Waals surface area contributed by atoms with Crippen molar-refractivity contribution in [1.29, 1.82) is 0 Å². The molecule has 0 heteroatoms. The molecule has 0 heterocycles. The lowest BCUT2D eigenvalue weighted by Crippen LogP contribution is -1.78. The highest BCUT2D eigenvalue weighted by molar-refractivity contribution is 5.33. The lowest BCUT2D eigenvalue weighted by atomic mass is 10.2. The smallest absolute Gasteiger partial charge is 0.0245 e. The van der Waals surface area contributed by atoms with E-state index in [0.29, 0.717) is 5.92 Å². The van der Waals surface area contributed by atoms with Crippen LogP contribution in [-0.4, -0.2) is 0 Å². The maximum absolute atomic E-state index is 3.11. The van der Waals surface area contributed by atoms with Crippen molar-refractivity contribution < 1.29 is 0 Å². The Labute approximate surface area is 94.7 Å². The molecule has 0 fully saturated rings. The van der Waals surface area contributed by atoms with Crippen molar-refractivity contribution in [3.63, 3.8) is 0 Å². The van der Waals surface area contributed by atoms with Gasteiger partial charge < -0.3 is 0 Å². The molecule has 0 saturated heterocycles. The average Bonchev–Trinajstić information content (AvgIpc) is 2.15. The van der Waals surface area contributed by atoms with Gasteiger partial charge in [-0.25, -0.2) is 0 Å². The molecule has 0 nitrogen and oxygen atoms in total. The van der Waals surface area contributed by atoms with Crippen LogP contribution in [0.1, 0.15) is 40.2 Å². The summed E-state index contributed by atoms with van der Waals surface area (Å²) >= 11 is 0. The minimum Gasteiger partial charge on any atom is -0.0951 e. The van der Waals surface area contributed by atoms with Crippen LogP contribution in [0.2, 0.25) is 0 Å². The summed E-state index contributed by atoms with van der Waals surface area (Å²) in [5.41, 5.74) is 1.10. The third kappa shape index (κ3) is 10.7. The average molecular weight is 202 g/mol. The molecule has 82 valence electrons. The Morgan fingerprint density at radius 3 is 1.73 bits per heavy atom. The van der Waals surface area contributed by atoms with Crippen molar-refractivity contribution in [1.82, 2.24) is 0 Å². The van der Waals surface area contributed by atoms with Gasteiger partial charge in [0.05, 0.1) is 0 Å². The fraction of sp³-hybridized carbons (Fsp3) is 0.467. The summed E-state index contributed by atoms with van der Waals surface area (Å²) in [6.07, 6.45) is 0. The molecule has 1 aromatic carbocycles. The highest BCUT2D eigenvalue weighted by atomic mass is 13.9. The molecule has 0 aromatic heterocycles. The summed E-state index contributed by atoms with van der Waals surface area (Å²) in [6.45, 7) is 10.7. The third-order valence-electron chi connectivity index (χ3n) is 1.28. The fourth-order valence-electron chi connectivity index (χ4n) is 0.749. The molecule has 0 bridgehead atoms. The van der Waals surface area contributed by atoms with Gasteiger partial charge in [-0.3, -0.25) is 0 Å². The lowest BCUT2D eigenvalue weighted by molar-refractivity contribution is 0.737. The van der Waals surface area contributed by atoms with E-state index in [2.05, 4.69) is 46.5 Å². The van der Waals surface area contributed by atoms with E-state index in [1.54, 1.807) is 0 Å². The van der Waals surface area contributed by atoms with Gasteiger partial charge in [-0.15, -0.1) is 0 Å². The molecule has 0 saturated carbocycles. The summed E-state index contributed by atoms with van der Waals surface area (Å²) in [7, 11) is 0. The minimum atomic E-state index is 0.454. The van der Waals surface area contributed by atoms with Crippen LogP contribution >= 0.6 is 0 Å². The zero-order valence-corrected chi connectivity index (χ0v) is 10.5. The zero-order valence-electron chi connectivity index (χ0n) is 10.5. The standard InChI is InChI=1S/C11H12.C4H10/c1-10(2)8-9-11-6-4-3-5-7-11;1-4(2)3/h3-7,10H,1-2H3;4H,1-3H3. The molecule has 0 spiro atoms. The van der Waals surface area contributed by atoms with Crippen LogP contribution in [-0.2, 0) is 0 Å². The summed E-state index contributed by atoms with van der Waals surface area (Å²) in [4.78, 5) is 0. The van der Waals surface area contributed by atoms with E-state index in [-0.39, 0.29) is 0 Å². The molecule has 0 aliphatic heterocycles. The van der Waals surface area contributed by atoms with Crippen LogP contribution in [0.3, 0.4) is 0 Å². The first-order valence-electron chi connectivity index (χ1n) is 5.59. The molecule has 1 aromatic rings. The summed E-state index contributed by atoms with van der Waals surface area (Å²) in [6, 6.07) is 10.1. The predicted octanol–water partition coefficient (Wildman–Crippen LogP) is 4.36. The normalized spacial score (nSPS) is 9.00. The SMILES string of the molecule is CC(C)C.CC(C)C#Cc1ccccc1. The second-order valence-corrected chi connectivity index (χ2v) is 4.52. The number of rotatable bonds is 0. The summed E-state index contributed by atoms with van der Waals surface area (Å²) < 4.78 is 0. The van der Waals surface area contributed by atoms with Crippen molar-refractivity contribution in [3.8, 4) is 11.8 Å². The maximum atomic E-state index is 3.11. The molecule has 0 radical (unpaired) electrons.